The van der Waals surface area contributed by atoms with Gasteiger partial charge in [-0.15, -0.1) is 0 Å². The van der Waals surface area contributed by atoms with E-state index in [2.05, 4.69) is 242 Å². The minimum absolute atomic E-state index is 0.0776. The third kappa shape index (κ3) is 7.28. The quantitative estimate of drug-likeness (QED) is 0.108. The molecule has 0 aliphatic heterocycles. The lowest BCUT2D eigenvalue weighted by Crippen LogP contribution is -2.21. The van der Waals surface area contributed by atoms with Crippen molar-refractivity contribution in [1.29, 1.82) is 0 Å². The van der Waals surface area contributed by atoms with Crippen LogP contribution in [0.4, 0.5) is 0 Å². The first kappa shape index (κ1) is 39.9. The van der Waals surface area contributed by atoms with Gasteiger partial charge in [-0.25, -0.2) is 9.98 Å². The zero-order valence-electron chi connectivity index (χ0n) is 36.6. The van der Waals surface area contributed by atoms with E-state index in [4.69, 9.17) is 4.99 Å². The minimum atomic E-state index is -0.350. The van der Waals surface area contributed by atoms with Gasteiger partial charge in [-0.2, -0.15) is 0 Å². The minimum Gasteiger partial charge on any atom is -0.309 e. The number of hydrogen-bond donors (Lipinski definition) is 1. The SMILES string of the molecule is C=N/C(=N\C(NCc1ccc(-c2ccccc2)cc1)c1ccccc1)c1cccc(-n2c3ccccc3c3ccc(-c4ccccc4-c4ccc5c(c4)C(C)(C)c4ccccc4-5)cc32)c1. The average Bonchev–Trinajstić information content (AvgIpc) is 3.82. The highest BCUT2D eigenvalue weighted by Gasteiger charge is 2.35. The topological polar surface area (TPSA) is 41.7 Å². The van der Waals surface area contributed by atoms with E-state index in [1.54, 1.807) is 0 Å². The van der Waals surface area contributed by atoms with Crippen molar-refractivity contribution in [2.75, 3.05) is 0 Å². The zero-order valence-corrected chi connectivity index (χ0v) is 36.6. The smallest absolute Gasteiger partial charge is 0.155 e. The predicted molar refractivity (Wildman–Crippen MR) is 273 cm³/mol. The Morgan fingerprint density at radius 3 is 1.88 bits per heavy atom. The third-order valence-corrected chi connectivity index (χ3v) is 13.2. The van der Waals surface area contributed by atoms with Crippen LogP contribution < -0.4 is 5.32 Å². The van der Waals surface area contributed by atoms with Crippen LogP contribution >= 0.6 is 0 Å². The van der Waals surface area contributed by atoms with E-state index in [0.717, 1.165) is 33.4 Å². The molecule has 0 radical (unpaired) electrons. The van der Waals surface area contributed by atoms with E-state index in [9.17, 15) is 0 Å². The summed E-state index contributed by atoms with van der Waals surface area (Å²) < 4.78 is 2.38. The first-order chi connectivity index (χ1) is 31.9. The Morgan fingerprint density at radius 2 is 1.11 bits per heavy atom. The Bertz CT molecular complexity index is 3410. The number of fused-ring (bicyclic) bond motifs is 6. The molecule has 0 saturated carbocycles. The molecule has 0 amide bonds. The third-order valence-electron chi connectivity index (χ3n) is 13.2. The van der Waals surface area contributed by atoms with Crippen LogP contribution in [-0.4, -0.2) is 17.1 Å². The van der Waals surface area contributed by atoms with Crippen LogP contribution in [-0.2, 0) is 12.0 Å². The zero-order chi connectivity index (χ0) is 43.9. The number of amidine groups is 1. The highest BCUT2D eigenvalue weighted by atomic mass is 15.1. The largest absolute Gasteiger partial charge is 0.309 e. The van der Waals surface area contributed by atoms with E-state index in [-0.39, 0.29) is 11.6 Å². The van der Waals surface area contributed by atoms with Gasteiger partial charge in [-0.05, 0) is 104 Å². The summed E-state index contributed by atoms with van der Waals surface area (Å²) >= 11 is 0. The maximum Gasteiger partial charge on any atom is 0.155 e. The summed E-state index contributed by atoms with van der Waals surface area (Å²) in [5.41, 5.74) is 19.0. The molecule has 1 heterocycles. The number of nitrogens with zero attached hydrogens (tertiary/aromatic N) is 3. The molecule has 1 atom stereocenters. The molecule has 1 aliphatic carbocycles. The average molecular weight is 837 g/mol. The maximum absolute atomic E-state index is 5.26. The molecule has 4 nitrogen and oxygen atoms in total. The Hall–Kier alpha value is -7.92. The van der Waals surface area contributed by atoms with Gasteiger partial charge in [0.1, 0.15) is 6.17 Å². The molecule has 11 rings (SSSR count). The molecule has 0 bridgehead atoms. The molecule has 4 heteroatoms. The fourth-order valence-corrected chi connectivity index (χ4v) is 9.92. The van der Waals surface area contributed by atoms with Gasteiger partial charge in [0, 0.05) is 34.0 Å². The summed E-state index contributed by atoms with van der Waals surface area (Å²) in [5, 5.41) is 6.12. The van der Waals surface area contributed by atoms with Crippen molar-refractivity contribution in [2.24, 2.45) is 9.98 Å². The fraction of sp³-hybridized carbons (Fsp3) is 0.0820. The summed E-state index contributed by atoms with van der Waals surface area (Å²) in [6, 6.07) is 78.4. The van der Waals surface area contributed by atoms with Crippen LogP contribution in [0, 0.1) is 0 Å². The first-order valence-corrected chi connectivity index (χ1v) is 22.4. The van der Waals surface area contributed by atoms with E-state index >= 15 is 0 Å². The summed E-state index contributed by atoms with van der Waals surface area (Å²) in [6.45, 7) is 9.36. The molecule has 1 unspecified atom stereocenters. The van der Waals surface area contributed by atoms with Crippen molar-refractivity contribution in [3.05, 3.63) is 246 Å². The molecule has 1 aliphatic rings. The van der Waals surface area contributed by atoms with Crippen molar-refractivity contribution >= 4 is 34.4 Å². The van der Waals surface area contributed by atoms with Gasteiger partial charge in [0.05, 0.1) is 11.0 Å². The van der Waals surface area contributed by atoms with Crippen molar-refractivity contribution in [3.63, 3.8) is 0 Å². The second kappa shape index (κ2) is 16.7. The Kier molecular flexibility index (Phi) is 10.2. The predicted octanol–water partition coefficient (Wildman–Crippen LogP) is 15.0. The van der Waals surface area contributed by atoms with Gasteiger partial charge in [0.2, 0.25) is 0 Å². The second-order valence-corrected chi connectivity index (χ2v) is 17.5. The van der Waals surface area contributed by atoms with E-state index in [1.165, 1.54) is 66.4 Å². The lowest BCUT2D eigenvalue weighted by Gasteiger charge is -2.22. The number of nitrogens with one attached hydrogen (secondary N) is 1. The Morgan fingerprint density at radius 1 is 0.508 bits per heavy atom. The van der Waals surface area contributed by atoms with Gasteiger partial charge in [-0.1, -0.05) is 202 Å². The van der Waals surface area contributed by atoms with Crippen LogP contribution in [0.2, 0.25) is 0 Å². The number of rotatable bonds is 10. The fourth-order valence-electron chi connectivity index (χ4n) is 9.92. The highest BCUT2D eigenvalue weighted by molar-refractivity contribution is 6.11. The van der Waals surface area contributed by atoms with Crippen molar-refractivity contribution in [2.45, 2.75) is 32.0 Å². The Labute approximate surface area is 381 Å². The van der Waals surface area contributed by atoms with E-state index in [0.29, 0.717) is 12.4 Å². The molecule has 312 valence electrons. The summed E-state index contributed by atoms with van der Waals surface area (Å²) in [7, 11) is 0. The number of aromatic nitrogens is 1. The standard InChI is InChI=1S/C61H48N4/c1-61(2)55-27-14-12-25-51(55)52-35-33-45(38-56(52)61)49-23-10-11-24-50(49)46-34-36-54-53-26-13-15-28-57(53)65(58(54)39-46)48-22-16-21-47(37-48)59(62-3)64-60(44-19-8-5-9-20-44)63-40-41-29-31-43(32-30-41)42-17-6-4-7-18-42/h4-39,60,63H,3,40H2,1-2H3/b64-59-. The lowest BCUT2D eigenvalue weighted by atomic mass is 9.81. The molecule has 65 heavy (non-hydrogen) atoms. The maximum atomic E-state index is 5.26. The van der Waals surface area contributed by atoms with Gasteiger partial charge in [0.15, 0.2) is 5.84 Å². The number of para-hydroxylation sites is 1. The molecular formula is C61H48N4. The highest BCUT2D eigenvalue weighted by Crippen LogP contribution is 2.50. The second-order valence-electron chi connectivity index (χ2n) is 17.5. The molecule has 0 saturated heterocycles. The molecular weight excluding hydrogens is 789 g/mol. The Balaban J connectivity index is 0.958. The van der Waals surface area contributed by atoms with Gasteiger partial charge in [0.25, 0.3) is 0 Å². The molecule has 1 aromatic heterocycles. The van der Waals surface area contributed by atoms with Crippen LogP contribution in [0.5, 0.6) is 0 Å². The molecule has 0 spiro atoms. The van der Waals surface area contributed by atoms with Gasteiger partial charge >= 0.3 is 0 Å². The number of hydrogen-bond acceptors (Lipinski definition) is 2. The van der Waals surface area contributed by atoms with Crippen LogP contribution in [0.15, 0.2) is 228 Å². The number of aliphatic imine (C=N–C) groups is 2. The molecule has 9 aromatic carbocycles. The lowest BCUT2D eigenvalue weighted by molar-refractivity contribution is 0.554. The van der Waals surface area contributed by atoms with Crippen LogP contribution in [0.3, 0.4) is 0 Å². The van der Waals surface area contributed by atoms with Crippen molar-refractivity contribution in [1.82, 2.24) is 9.88 Å². The van der Waals surface area contributed by atoms with Gasteiger partial charge < -0.3 is 4.57 Å². The first-order valence-electron chi connectivity index (χ1n) is 22.4. The van der Waals surface area contributed by atoms with Crippen LogP contribution in [0.1, 0.15) is 47.8 Å². The monoisotopic (exact) mass is 836 g/mol. The normalized spacial score (nSPS) is 13.4. The number of benzene rings is 9. The molecule has 0 fully saturated rings. The summed E-state index contributed by atoms with van der Waals surface area (Å²) in [5.74, 6) is 0.573. The van der Waals surface area contributed by atoms with E-state index in [1.807, 2.05) is 12.1 Å². The van der Waals surface area contributed by atoms with Crippen molar-refractivity contribution in [3.8, 4) is 50.2 Å². The van der Waals surface area contributed by atoms with E-state index < -0.39 is 0 Å². The van der Waals surface area contributed by atoms with Gasteiger partial charge in [-0.3, -0.25) is 5.32 Å². The molecule has 10 aromatic rings. The summed E-state index contributed by atoms with van der Waals surface area (Å²) in [6.07, 6.45) is -0.350. The van der Waals surface area contributed by atoms with Crippen LogP contribution in [0.25, 0.3) is 72.0 Å². The molecule has 1 N–H and O–H groups in total. The summed E-state index contributed by atoms with van der Waals surface area (Å²) in [4.78, 5) is 9.82. The van der Waals surface area contributed by atoms with Crippen molar-refractivity contribution < 1.29 is 0 Å².